The van der Waals surface area contributed by atoms with E-state index in [0.29, 0.717) is 31.1 Å². The second-order valence-corrected chi connectivity index (χ2v) is 8.06. The first-order chi connectivity index (χ1) is 13.7. The van der Waals surface area contributed by atoms with Crippen molar-refractivity contribution in [2.24, 2.45) is 5.92 Å². The zero-order valence-corrected chi connectivity index (χ0v) is 16.6. The summed E-state index contributed by atoms with van der Waals surface area (Å²) in [7, 11) is 0. The summed E-state index contributed by atoms with van der Waals surface area (Å²) < 4.78 is 5.45. The number of ether oxygens (including phenoxy) is 1. The molecule has 6 nitrogen and oxygen atoms in total. The molecule has 0 spiro atoms. The lowest BCUT2D eigenvalue weighted by Gasteiger charge is -2.33. The van der Waals surface area contributed by atoms with Crippen molar-refractivity contribution < 1.29 is 4.74 Å². The number of aromatic amines is 1. The maximum atomic E-state index is 12.4. The predicted octanol–water partition coefficient (Wildman–Crippen LogP) is 2.84. The van der Waals surface area contributed by atoms with Gasteiger partial charge in [-0.2, -0.15) is 4.98 Å². The van der Waals surface area contributed by atoms with Gasteiger partial charge in [0.2, 0.25) is 5.95 Å². The number of hydrogen-bond acceptors (Lipinski definition) is 5. The topological polar surface area (TPSA) is 61.5 Å². The van der Waals surface area contributed by atoms with Gasteiger partial charge in [-0.15, -0.1) is 0 Å². The summed E-state index contributed by atoms with van der Waals surface area (Å²) in [5, 5.41) is 0. The quantitative estimate of drug-likeness (QED) is 0.881. The van der Waals surface area contributed by atoms with Crippen molar-refractivity contribution in [3.63, 3.8) is 0 Å². The van der Waals surface area contributed by atoms with Gasteiger partial charge in [-0.3, -0.25) is 9.78 Å². The number of rotatable bonds is 4. The van der Waals surface area contributed by atoms with E-state index in [1.807, 2.05) is 0 Å². The highest BCUT2D eigenvalue weighted by molar-refractivity contribution is 5.45. The van der Waals surface area contributed by atoms with E-state index in [-0.39, 0.29) is 5.56 Å². The molecule has 2 aliphatic rings. The number of morpholine rings is 1. The Kier molecular flexibility index (Phi) is 5.95. The first kappa shape index (κ1) is 19.0. The molecular weight excluding hydrogens is 352 g/mol. The van der Waals surface area contributed by atoms with Gasteiger partial charge in [0.15, 0.2) is 0 Å². The number of benzene rings is 1. The Morgan fingerprint density at radius 3 is 2.75 bits per heavy atom. The van der Waals surface area contributed by atoms with Crippen LogP contribution in [0, 0.1) is 5.92 Å². The number of anilines is 2. The van der Waals surface area contributed by atoms with E-state index >= 15 is 0 Å². The summed E-state index contributed by atoms with van der Waals surface area (Å²) in [6, 6.07) is 12.6. The van der Waals surface area contributed by atoms with E-state index in [4.69, 9.17) is 9.72 Å². The van der Waals surface area contributed by atoms with Crippen LogP contribution in [0.2, 0.25) is 0 Å². The second-order valence-electron chi connectivity index (χ2n) is 8.06. The molecule has 1 N–H and O–H groups in total. The fourth-order valence-electron chi connectivity index (χ4n) is 4.31. The molecule has 2 aliphatic heterocycles. The van der Waals surface area contributed by atoms with Crippen molar-refractivity contribution in [1.29, 1.82) is 0 Å². The van der Waals surface area contributed by atoms with Gasteiger partial charge in [0.1, 0.15) is 5.82 Å². The van der Waals surface area contributed by atoms with Crippen molar-refractivity contribution in [2.75, 3.05) is 42.6 Å². The summed E-state index contributed by atoms with van der Waals surface area (Å²) in [5.41, 5.74) is 1.25. The highest BCUT2D eigenvalue weighted by atomic mass is 16.5. The molecule has 0 aliphatic carbocycles. The van der Waals surface area contributed by atoms with E-state index in [2.05, 4.69) is 52.0 Å². The molecule has 150 valence electrons. The molecule has 28 heavy (non-hydrogen) atoms. The van der Waals surface area contributed by atoms with Crippen molar-refractivity contribution in [1.82, 2.24) is 9.97 Å². The fourth-order valence-corrected chi connectivity index (χ4v) is 4.31. The van der Waals surface area contributed by atoms with Crippen LogP contribution in [0.1, 0.15) is 31.7 Å². The maximum absolute atomic E-state index is 12.4. The molecule has 0 bridgehead atoms. The lowest BCUT2D eigenvalue weighted by molar-refractivity contribution is 0.122. The molecule has 4 rings (SSSR count). The summed E-state index contributed by atoms with van der Waals surface area (Å²) >= 11 is 0. The Morgan fingerprint density at radius 2 is 1.96 bits per heavy atom. The molecule has 1 aromatic heterocycles. The standard InChI is InChI=1S/C22H30N4O2/c1-17-6-5-9-19(14-18-7-3-2-4-8-18)26(16-17)22-23-20(15-21(27)24-22)25-10-12-28-13-11-25/h2-4,7-8,15,17,19H,5-6,9-14,16H2,1H3,(H,23,24,27)/t17?,19-/m1/s1. The minimum absolute atomic E-state index is 0.0816. The molecule has 2 fully saturated rings. The van der Waals surface area contributed by atoms with Crippen LogP contribution < -0.4 is 15.4 Å². The third kappa shape index (κ3) is 4.55. The molecule has 2 aromatic rings. The van der Waals surface area contributed by atoms with Crippen molar-refractivity contribution in [3.8, 4) is 0 Å². The zero-order chi connectivity index (χ0) is 19.3. The summed E-state index contributed by atoms with van der Waals surface area (Å²) in [6.07, 6.45) is 4.52. The van der Waals surface area contributed by atoms with Crippen LogP contribution in [0.15, 0.2) is 41.2 Å². The normalized spacial score (nSPS) is 23.5. The highest BCUT2D eigenvalue weighted by Gasteiger charge is 2.27. The monoisotopic (exact) mass is 382 g/mol. The molecule has 6 heteroatoms. The zero-order valence-electron chi connectivity index (χ0n) is 16.6. The van der Waals surface area contributed by atoms with Crippen LogP contribution in [0.3, 0.4) is 0 Å². The average molecular weight is 383 g/mol. The Labute approximate surface area is 166 Å². The number of nitrogens with one attached hydrogen (secondary N) is 1. The number of hydrogen-bond donors (Lipinski definition) is 1. The molecule has 0 amide bonds. The van der Waals surface area contributed by atoms with E-state index in [9.17, 15) is 4.79 Å². The van der Waals surface area contributed by atoms with E-state index in [1.54, 1.807) is 6.07 Å². The van der Waals surface area contributed by atoms with Crippen LogP contribution in [0.25, 0.3) is 0 Å². The fraction of sp³-hybridized carbons (Fsp3) is 0.545. The smallest absolute Gasteiger partial charge is 0.254 e. The van der Waals surface area contributed by atoms with E-state index in [0.717, 1.165) is 38.3 Å². The van der Waals surface area contributed by atoms with Gasteiger partial charge >= 0.3 is 0 Å². The maximum Gasteiger partial charge on any atom is 0.254 e. The van der Waals surface area contributed by atoms with Gasteiger partial charge in [0.05, 0.1) is 13.2 Å². The van der Waals surface area contributed by atoms with Gasteiger partial charge in [0.25, 0.3) is 5.56 Å². The summed E-state index contributed by atoms with van der Waals surface area (Å²) in [5.74, 6) is 2.05. The van der Waals surface area contributed by atoms with E-state index < -0.39 is 0 Å². The molecule has 0 radical (unpaired) electrons. The van der Waals surface area contributed by atoms with Crippen LogP contribution in [-0.4, -0.2) is 48.9 Å². The summed E-state index contributed by atoms with van der Waals surface area (Å²) in [4.78, 5) is 24.9. The molecule has 3 heterocycles. The summed E-state index contributed by atoms with van der Waals surface area (Å²) in [6.45, 7) is 6.14. The third-order valence-electron chi connectivity index (χ3n) is 5.82. The first-order valence-electron chi connectivity index (χ1n) is 10.4. The number of H-pyrrole nitrogens is 1. The van der Waals surface area contributed by atoms with Gasteiger partial charge in [0, 0.05) is 31.7 Å². The van der Waals surface area contributed by atoms with Gasteiger partial charge in [-0.05, 0) is 30.7 Å². The largest absolute Gasteiger partial charge is 0.378 e. The molecule has 2 saturated heterocycles. The molecule has 2 atom stereocenters. The Hall–Kier alpha value is -2.34. The van der Waals surface area contributed by atoms with Crippen molar-refractivity contribution in [2.45, 2.75) is 38.6 Å². The average Bonchev–Trinajstić information content (AvgIpc) is 2.90. The van der Waals surface area contributed by atoms with Crippen molar-refractivity contribution >= 4 is 11.8 Å². The van der Waals surface area contributed by atoms with Crippen LogP contribution in [0.4, 0.5) is 11.8 Å². The van der Waals surface area contributed by atoms with Crippen LogP contribution in [0.5, 0.6) is 0 Å². The lowest BCUT2D eigenvalue weighted by Crippen LogP contribution is -2.41. The van der Waals surface area contributed by atoms with Crippen molar-refractivity contribution in [3.05, 3.63) is 52.3 Å². The molecule has 0 saturated carbocycles. The minimum Gasteiger partial charge on any atom is -0.378 e. The van der Waals surface area contributed by atoms with Gasteiger partial charge < -0.3 is 14.5 Å². The number of nitrogens with zero attached hydrogens (tertiary/aromatic N) is 3. The van der Waals surface area contributed by atoms with Crippen LogP contribution >= 0.6 is 0 Å². The second kappa shape index (κ2) is 8.78. The Balaban J connectivity index is 1.64. The molecule has 1 aromatic carbocycles. The SMILES string of the molecule is CC1CCC[C@H](Cc2ccccc2)N(c2nc(N3CCOCC3)cc(=O)[nH]2)C1. The van der Waals surface area contributed by atoms with E-state index in [1.165, 1.54) is 18.4 Å². The number of aromatic nitrogens is 2. The molecular formula is C22H30N4O2. The third-order valence-corrected chi connectivity index (χ3v) is 5.82. The Morgan fingerprint density at radius 1 is 1.18 bits per heavy atom. The first-order valence-corrected chi connectivity index (χ1v) is 10.4. The molecule has 1 unspecified atom stereocenters. The Bertz CT molecular complexity index is 817. The van der Waals surface area contributed by atoms with Gasteiger partial charge in [-0.1, -0.05) is 43.7 Å². The van der Waals surface area contributed by atoms with Crippen LogP contribution in [-0.2, 0) is 11.2 Å². The predicted molar refractivity (Wildman–Crippen MR) is 112 cm³/mol. The highest BCUT2D eigenvalue weighted by Crippen LogP contribution is 2.27. The van der Waals surface area contributed by atoms with Gasteiger partial charge in [-0.25, -0.2) is 0 Å². The lowest BCUT2D eigenvalue weighted by atomic mass is 10.0. The minimum atomic E-state index is -0.0816.